The quantitative estimate of drug-likeness (QED) is 0.856. The molecule has 19 heavy (non-hydrogen) atoms. The summed E-state index contributed by atoms with van der Waals surface area (Å²) in [5.41, 5.74) is 0.0182. The second-order valence-electron chi connectivity index (χ2n) is 4.81. The summed E-state index contributed by atoms with van der Waals surface area (Å²) in [5, 5.41) is 9.10. The van der Waals surface area contributed by atoms with Gasteiger partial charge in [0.15, 0.2) is 0 Å². The van der Waals surface area contributed by atoms with Gasteiger partial charge in [0.1, 0.15) is 10.6 Å². The highest BCUT2D eigenvalue weighted by Crippen LogP contribution is 2.31. The Hall–Kier alpha value is -1.34. The van der Waals surface area contributed by atoms with Crippen molar-refractivity contribution < 1.29 is 18.3 Å². The minimum Gasteiger partial charge on any atom is -0.477 e. The molecule has 1 aromatic rings. The minimum absolute atomic E-state index is 0.0182. The Morgan fingerprint density at radius 1 is 1.53 bits per heavy atom. The molecule has 0 aromatic carbocycles. The lowest BCUT2D eigenvalue weighted by atomic mass is 10.4. The van der Waals surface area contributed by atoms with Crippen LogP contribution in [0.1, 0.15) is 36.7 Å². The Balaban J connectivity index is 2.39. The summed E-state index contributed by atoms with van der Waals surface area (Å²) in [7, 11) is -2.03. The molecule has 1 heterocycles. The van der Waals surface area contributed by atoms with Crippen LogP contribution in [0.5, 0.6) is 0 Å². The van der Waals surface area contributed by atoms with Crippen molar-refractivity contribution in [2.24, 2.45) is 0 Å². The summed E-state index contributed by atoms with van der Waals surface area (Å²) in [6.07, 6.45) is 3.91. The Morgan fingerprint density at radius 2 is 2.16 bits per heavy atom. The summed E-state index contributed by atoms with van der Waals surface area (Å²) in [6, 6.07) is 1.31. The van der Waals surface area contributed by atoms with E-state index in [1.165, 1.54) is 21.1 Å². The first-order valence-corrected chi connectivity index (χ1v) is 7.73. The van der Waals surface area contributed by atoms with Crippen molar-refractivity contribution in [3.05, 3.63) is 18.0 Å². The van der Waals surface area contributed by atoms with Gasteiger partial charge in [-0.1, -0.05) is 6.92 Å². The second-order valence-corrected chi connectivity index (χ2v) is 6.81. The van der Waals surface area contributed by atoms with Crippen molar-refractivity contribution in [2.75, 3.05) is 7.05 Å². The molecule has 2 rings (SSSR count). The average molecular weight is 286 g/mol. The molecule has 1 aliphatic rings. The maximum absolute atomic E-state index is 12.3. The van der Waals surface area contributed by atoms with Crippen molar-refractivity contribution in [3.63, 3.8) is 0 Å². The third-order valence-corrected chi connectivity index (χ3v) is 5.17. The fourth-order valence-electron chi connectivity index (χ4n) is 2.03. The smallest absolute Gasteiger partial charge is 0.352 e. The molecule has 0 bridgehead atoms. The fraction of sp³-hybridized carbons (Fsp3) is 0.583. The molecule has 0 aliphatic heterocycles. The van der Waals surface area contributed by atoms with E-state index in [2.05, 4.69) is 0 Å². The maximum atomic E-state index is 12.3. The van der Waals surface area contributed by atoms with E-state index in [1.54, 1.807) is 7.05 Å². The van der Waals surface area contributed by atoms with Crippen LogP contribution in [0.4, 0.5) is 0 Å². The van der Waals surface area contributed by atoms with Gasteiger partial charge in [0.2, 0.25) is 10.0 Å². The normalized spacial score (nSPS) is 15.9. The van der Waals surface area contributed by atoms with Crippen LogP contribution in [0.3, 0.4) is 0 Å². The third-order valence-electron chi connectivity index (χ3n) is 3.29. The summed E-state index contributed by atoms with van der Waals surface area (Å²) >= 11 is 0. The Bertz CT molecular complexity index is 587. The van der Waals surface area contributed by atoms with E-state index in [4.69, 9.17) is 5.11 Å². The van der Waals surface area contributed by atoms with E-state index in [1.807, 2.05) is 6.92 Å². The molecule has 1 aromatic heterocycles. The molecule has 0 amide bonds. The number of aromatic carboxylic acids is 1. The van der Waals surface area contributed by atoms with Crippen LogP contribution in [0, 0.1) is 0 Å². The Labute approximate surface area is 112 Å². The first-order valence-electron chi connectivity index (χ1n) is 6.29. The van der Waals surface area contributed by atoms with Crippen molar-refractivity contribution in [1.82, 2.24) is 8.87 Å². The fourth-order valence-corrected chi connectivity index (χ4v) is 3.49. The number of carboxylic acid groups (broad SMARTS) is 1. The monoisotopic (exact) mass is 286 g/mol. The van der Waals surface area contributed by atoms with Gasteiger partial charge in [0, 0.05) is 25.8 Å². The van der Waals surface area contributed by atoms with Crippen LogP contribution in [-0.4, -0.2) is 41.5 Å². The first kappa shape index (κ1) is 14.1. The topological polar surface area (TPSA) is 79.6 Å². The minimum atomic E-state index is -3.58. The third kappa shape index (κ3) is 2.66. The molecule has 6 nitrogen and oxygen atoms in total. The van der Waals surface area contributed by atoms with E-state index >= 15 is 0 Å². The lowest BCUT2D eigenvalue weighted by molar-refractivity contribution is 0.0685. The number of nitrogens with zero attached hydrogens (tertiary/aromatic N) is 2. The van der Waals surface area contributed by atoms with E-state index in [0.717, 1.165) is 19.3 Å². The van der Waals surface area contributed by atoms with E-state index < -0.39 is 16.0 Å². The Morgan fingerprint density at radius 3 is 2.63 bits per heavy atom. The molecule has 0 saturated heterocycles. The number of carboxylic acids is 1. The summed E-state index contributed by atoms with van der Waals surface area (Å²) in [6.45, 7) is 2.40. The lowest BCUT2D eigenvalue weighted by Gasteiger charge is -2.14. The van der Waals surface area contributed by atoms with Gasteiger partial charge in [0.25, 0.3) is 0 Å². The van der Waals surface area contributed by atoms with Crippen molar-refractivity contribution in [3.8, 4) is 0 Å². The van der Waals surface area contributed by atoms with Gasteiger partial charge in [-0.2, -0.15) is 4.31 Å². The summed E-state index contributed by atoms with van der Waals surface area (Å²) in [5.74, 6) is -1.11. The number of aromatic nitrogens is 1. The first-order chi connectivity index (χ1) is 8.87. The zero-order valence-corrected chi connectivity index (χ0v) is 11.9. The summed E-state index contributed by atoms with van der Waals surface area (Å²) in [4.78, 5) is 11.2. The molecule has 0 atom stereocenters. The zero-order chi connectivity index (χ0) is 14.2. The van der Waals surface area contributed by atoms with Gasteiger partial charge in [-0.05, 0) is 25.3 Å². The van der Waals surface area contributed by atoms with Crippen LogP contribution in [-0.2, 0) is 16.6 Å². The molecular weight excluding hydrogens is 268 g/mol. The predicted octanol–water partition coefficient (Wildman–Crippen LogP) is 1.38. The van der Waals surface area contributed by atoms with Gasteiger partial charge >= 0.3 is 5.97 Å². The number of carbonyl (C=O) groups is 1. The number of hydrogen-bond acceptors (Lipinski definition) is 3. The zero-order valence-electron chi connectivity index (χ0n) is 11.0. The number of hydrogen-bond donors (Lipinski definition) is 1. The predicted molar refractivity (Wildman–Crippen MR) is 69.7 cm³/mol. The average Bonchev–Trinajstić information content (AvgIpc) is 3.09. The van der Waals surface area contributed by atoms with Crippen LogP contribution in [0.25, 0.3) is 0 Å². The second kappa shape index (κ2) is 4.97. The molecule has 1 fully saturated rings. The molecule has 7 heteroatoms. The molecule has 1 N–H and O–H groups in total. The van der Waals surface area contributed by atoms with Crippen molar-refractivity contribution in [2.45, 2.75) is 43.7 Å². The largest absolute Gasteiger partial charge is 0.477 e. The van der Waals surface area contributed by atoms with Gasteiger partial charge < -0.3 is 9.67 Å². The van der Waals surface area contributed by atoms with E-state index in [-0.39, 0.29) is 16.6 Å². The molecule has 0 unspecified atom stereocenters. The summed E-state index contributed by atoms with van der Waals surface area (Å²) < 4.78 is 27.5. The van der Waals surface area contributed by atoms with E-state index in [0.29, 0.717) is 6.54 Å². The van der Waals surface area contributed by atoms with Crippen LogP contribution >= 0.6 is 0 Å². The van der Waals surface area contributed by atoms with Crippen molar-refractivity contribution in [1.29, 1.82) is 0 Å². The standard InChI is InChI=1S/C12H18N2O4S/c1-3-6-14-8-10(7-11(14)12(15)16)19(17,18)13(2)9-4-5-9/h7-9H,3-6H2,1-2H3,(H,15,16). The molecular formula is C12H18N2O4S. The molecule has 1 aliphatic carbocycles. The molecule has 106 valence electrons. The van der Waals surface area contributed by atoms with Gasteiger partial charge in [-0.25, -0.2) is 13.2 Å². The SMILES string of the molecule is CCCn1cc(S(=O)(=O)N(C)C2CC2)cc1C(=O)O. The number of sulfonamides is 1. The van der Waals surface area contributed by atoms with Crippen LogP contribution in [0.2, 0.25) is 0 Å². The number of aryl methyl sites for hydroxylation is 1. The highest BCUT2D eigenvalue weighted by molar-refractivity contribution is 7.89. The maximum Gasteiger partial charge on any atom is 0.352 e. The molecule has 1 saturated carbocycles. The molecule has 0 radical (unpaired) electrons. The highest BCUT2D eigenvalue weighted by atomic mass is 32.2. The van der Waals surface area contributed by atoms with Gasteiger partial charge in [-0.15, -0.1) is 0 Å². The number of rotatable bonds is 6. The molecule has 0 spiro atoms. The van der Waals surface area contributed by atoms with E-state index in [9.17, 15) is 13.2 Å². The Kier molecular flexibility index (Phi) is 3.69. The van der Waals surface area contributed by atoms with Gasteiger partial charge in [0.05, 0.1) is 0 Å². The highest BCUT2D eigenvalue weighted by Gasteiger charge is 2.36. The lowest BCUT2D eigenvalue weighted by Crippen LogP contribution is -2.28. The van der Waals surface area contributed by atoms with Crippen LogP contribution in [0.15, 0.2) is 17.2 Å². The van der Waals surface area contributed by atoms with Gasteiger partial charge in [-0.3, -0.25) is 0 Å². The van der Waals surface area contributed by atoms with Crippen LogP contribution < -0.4 is 0 Å². The van der Waals surface area contributed by atoms with Crippen molar-refractivity contribution >= 4 is 16.0 Å².